The van der Waals surface area contributed by atoms with Gasteiger partial charge in [0.15, 0.2) is 0 Å². The van der Waals surface area contributed by atoms with E-state index in [4.69, 9.17) is 14.3 Å². The number of fused-ring (bicyclic) bond motifs is 1. The summed E-state index contributed by atoms with van der Waals surface area (Å²) in [6.07, 6.45) is -0.354. The quantitative estimate of drug-likeness (QED) is 0.626. The van der Waals surface area contributed by atoms with Crippen molar-refractivity contribution in [3.05, 3.63) is 73.1 Å². The van der Waals surface area contributed by atoms with Gasteiger partial charge in [0.2, 0.25) is 0 Å². The third kappa shape index (κ3) is 3.77. The molecule has 0 amide bonds. The Morgan fingerprint density at radius 1 is 0.897 bits per heavy atom. The standard InChI is InChI=1S/C24H26O5/c1-12-13(2)15(4)21(16(5)14(12)3)11-28-18-7-8-19-17(6)20(10-23(25)26)24(27)29-22(19)9-18/h7-9H,10-11H2,1-6H3,(H,25,26). The average molecular weight is 394 g/mol. The molecule has 152 valence electrons. The third-order valence-electron chi connectivity index (χ3n) is 6.13. The zero-order valence-corrected chi connectivity index (χ0v) is 17.7. The monoisotopic (exact) mass is 394 g/mol. The summed E-state index contributed by atoms with van der Waals surface area (Å²) in [7, 11) is 0. The summed E-state index contributed by atoms with van der Waals surface area (Å²) in [5.41, 5.74) is 8.06. The number of benzene rings is 2. The zero-order chi connectivity index (χ0) is 21.5. The number of ether oxygens (including phenoxy) is 1. The molecule has 1 N–H and O–H groups in total. The summed E-state index contributed by atoms with van der Waals surface area (Å²) in [6, 6.07) is 5.31. The lowest BCUT2D eigenvalue weighted by molar-refractivity contribution is -0.136. The summed E-state index contributed by atoms with van der Waals surface area (Å²) in [5.74, 6) is -0.463. The first-order valence-corrected chi connectivity index (χ1v) is 9.58. The molecular weight excluding hydrogens is 368 g/mol. The summed E-state index contributed by atoms with van der Waals surface area (Å²) in [5, 5.41) is 9.72. The van der Waals surface area contributed by atoms with E-state index < -0.39 is 11.6 Å². The Morgan fingerprint density at radius 2 is 1.48 bits per heavy atom. The van der Waals surface area contributed by atoms with Gasteiger partial charge in [-0.25, -0.2) is 4.79 Å². The van der Waals surface area contributed by atoms with Gasteiger partial charge in [0.25, 0.3) is 0 Å². The number of carboxylic acids is 1. The molecule has 1 heterocycles. The fourth-order valence-corrected chi connectivity index (χ4v) is 3.77. The van der Waals surface area contributed by atoms with Crippen LogP contribution in [0.4, 0.5) is 0 Å². The van der Waals surface area contributed by atoms with Crippen molar-refractivity contribution in [1.29, 1.82) is 0 Å². The molecule has 0 unspecified atom stereocenters. The van der Waals surface area contributed by atoms with Crippen molar-refractivity contribution in [3.8, 4) is 5.75 Å². The molecule has 0 atom stereocenters. The second kappa shape index (κ2) is 7.74. The molecule has 29 heavy (non-hydrogen) atoms. The molecule has 0 radical (unpaired) electrons. The fourth-order valence-electron chi connectivity index (χ4n) is 3.77. The number of aliphatic carboxylic acids is 1. The zero-order valence-electron chi connectivity index (χ0n) is 17.7. The van der Waals surface area contributed by atoms with Crippen molar-refractivity contribution in [2.75, 3.05) is 0 Å². The van der Waals surface area contributed by atoms with Gasteiger partial charge in [-0.2, -0.15) is 0 Å². The van der Waals surface area contributed by atoms with Gasteiger partial charge in [-0.3, -0.25) is 4.79 Å². The van der Waals surface area contributed by atoms with E-state index in [1.54, 1.807) is 19.1 Å². The smallest absolute Gasteiger partial charge is 0.340 e. The highest BCUT2D eigenvalue weighted by Gasteiger charge is 2.16. The van der Waals surface area contributed by atoms with Crippen LogP contribution >= 0.6 is 0 Å². The van der Waals surface area contributed by atoms with E-state index in [1.807, 2.05) is 6.07 Å². The first kappa shape index (κ1) is 20.6. The molecule has 0 fully saturated rings. The maximum Gasteiger partial charge on any atom is 0.340 e. The van der Waals surface area contributed by atoms with Crippen molar-refractivity contribution in [3.63, 3.8) is 0 Å². The number of rotatable bonds is 5. The van der Waals surface area contributed by atoms with Crippen LogP contribution in [0, 0.1) is 41.5 Å². The fraction of sp³-hybridized carbons (Fsp3) is 0.333. The number of carboxylic acid groups (broad SMARTS) is 1. The Bertz CT molecular complexity index is 1160. The first-order chi connectivity index (χ1) is 13.6. The normalized spacial score (nSPS) is 11.1. The molecule has 1 aromatic heterocycles. The van der Waals surface area contributed by atoms with Crippen LogP contribution in [0.25, 0.3) is 11.0 Å². The number of hydrogen-bond acceptors (Lipinski definition) is 4. The topological polar surface area (TPSA) is 76.7 Å². The van der Waals surface area contributed by atoms with Crippen molar-refractivity contribution < 1.29 is 19.1 Å². The van der Waals surface area contributed by atoms with Gasteiger partial charge in [0, 0.05) is 11.5 Å². The van der Waals surface area contributed by atoms with Crippen molar-refractivity contribution in [2.45, 2.75) is 54.6 Å². The molecule has 0 aliphatic carbocycles. The van der Waals surface area contributed by atoms with Gasteiger partial charge in [0.05, 0.1) is 12.0 Å². The van der Waals surface area contributed by atoms with Gasteiger partial charge < -0.3 is 14.3 Å². The molecule has 3 rings (SSSR count). The van der Waals surface area contributed by atoms with E-state index in [2.05, 4.69) is 34.6 Å². The minimum Gasteiger partial charge on any atom is -0.489 e. The van der Waals surface area contributed by atoms with E-state index in [0.29, 0.717) is 28.9 Å². The Labute approximate surface area is 169 Å². The second-order valence-corrected chi connectivity index (χ2v) is 7.61. The SMILES string of the molecule is Cc1c(C)c(C)c(COc2ccc3c(C)c(CC(=O)O)c(=O)oc3c2)c(C)c1C. The van der Waals surface area contributed by atoms with E-state index in [9.17, 15) is 9.59 Å². The highest BCUT2D eigenvalue weighted by Crippen LogP contribution is 2.29. The van der Waals surface area contributed by atoms with Crippen LogP contribution in [0.1, 0.15) is 44.5 Å². The largest absolute Gasteiger partial charge is 0.489 e. The first-order valence-electron chi connectivity index (χ1n) is 9.58. The van der Waals surface area contributed by atoms with E-state index >= 15 is 0 Å². The molecule has 5 heteroatoms. The maximum absolute atomic E-state index is 12.2. The van der Waals surface area contributed by atoms with Crippen LogP contribution in [-0.4, -0.2) is 11.1 Å². The van der Waals surface area contributed by atoms with Crippen molar-refractivity contribution in [1.82, 2.24) is 0 Å². The summed E-state index contributed by atoms with van der Waals surface area (Å²) in [4.78, 5) is 23.2. The van der Waals surface area contributed by atoms with Gasteiger partial charge in [0.1, 0.15) is 17.9 Å². The van der Waals surface area contributed by atoms with E-state index in [0.717, 1.165) is 0 Å². The summed E-state index contributed by atoms with van der Waals surface area (Å²) in [6.45, 7) is 12.8. The van der Waals surface area contributed by atoms with Gasteiger partial charge >= 0.3 is 11.6 Å². The lowest BCUT2D eigenvalue weighted by Crippen LogP contribution is -2.14. The molecule has 0 aliphatic rings. The van der Waals surface area contributed by atoms with E-state index in [-0.39, 0.29) is 12.0 Å². The predicted octanol–water partition coefficient (Wildman–Crippen LogP) is 4.85. The Morgan fingerprint density at radius 3 is 2.07 bits per heavy atom. The Kier molecular flexibility index (Phi) is 5.51. The number of aryl methyl sites for hydroxylation is 1. The highest BCUT2D eigenvalue weighted by molar-refractivity contribution is 5.83. The molecule has 0 saturated heterocycles. The van der Waals surface area contributed by atoms with Crippen LogP contribution < -0.4 is 10.4 Å². The van der Waals surface area contributed by atoms with Crippen LogP contribution in [0.3, 0.4) is 0 Å². The maximum atomic E-state index is 12.2. The summed E-state index contributed by atoms with van der Waals surface area (Å²) < 4.78 is 11.4. The minimum atomic E-state index is -1.06. The molecule has 0 saturated carbocycles. The van der Waals surface area contributed by atoms with Crippen LogP contribution in [0.15, 0.2) is 27.4 Å². The summed E-state index contributed by atoms with van der Waals surface area (Å²) >= 11 is 0. The van der Waals surface area contributed by atoms with E-state index in [1.165, 1.54) is 33.4 Å². The van der Waals surface area contributed by atoms with Crippen LogP contribution in [0.5, 0.6) is 5.75 Å². The Balaban J connectivity index is 1.95. The van der Waals surface area contributed by atoms with Crippen LogP contribution in [-0.2, 0) is 17.8 Å². The molecular formula is C24H26O5. The number of carbonyl (C=O) groups is 1. The molecule has 3 aromatic rings. The van der Waals surface area contributed by atoms with Crippen molar-refractivity contribution >= 4 is 16.9 Å². The lowest BCUT2D eigenvalue weighted by Gasteiger charge is -2.19. The van der Waals surface area contributed by atoms with Gasteiger partial charge in [-0.05, 0) is 92.6 Å². The second-order valence-electron chi connectivity index (χ2n) is 7.61. The molecule has 2 aromatic carbocycles. The molecule has 0 bridgehead atoms. The van der Waals surface area contributed by atoms with Gasteiger partial charge in [-0.15, -0.1) is 0 Å². The number of hydrogen-bond donors (Lipinski definition) is 1. The molecule has 5 nitrogen and oxygen atoms in total. The van der Waals surface area contributed by atoms with Gasteiger partial charge in [-0.1, -0.05) is 0 Å². The Hall–Kier alpha value is -3.08. The average Bonchev–Trinajstić information content (AvgIpc) is 2.67. The molecule has 0 aliphatic heterocycles. The van der Waals surface area contributed by atoms with Crippen molar-refractivity contribution in [2.24, 2.45) is 0 Å². The lowest BCUT2D eigenvalue weighted by atomic mass is 9.90. The third-order valence-corrected chi connectivity index (χ3v) is 6.13. The van der Waals surface area contributed by atoms with Crippen LogP contribution in [0.2, 0.25) is 0 Å². The minimum absolute atomic E-state index is 0.176. The molecule has 0 spiro atoms. The highest BCUT2D eigenvalue weighted by atomic mass is 16.5. The predicted molar refractivity (Wildman–Crippen MR) is 113 cm³/mol.